The number of rotatable bonds is 9. The molecule has 2 aromatic rings. The van der Waals surface area contributed by atoms with Crippen LogP contribution in [0.15, 0.2) is 53.4 Å². The van der Waals surface area contributed by atoms with E-state index in [0.29, 0.717) is 17.9 Å². The summed E-state index contributed by atoms with van der Waals surface area (Å²) in [6.07, 6.45) is 2.39. The summed E-state index contributed by atoms with van der Waals surface area (Å²) in [6.45, 7) is 3.91. The fraction of sp³-hybridized carbons (Fsp3) is 0.333. The second kappa shape index (κ2) is 10.6. The smallest absolute Gasteiger partial charge is 0.237 e. The number of methoxy groups -OCH3 is 1. The molecular formula is C21H26N2O3S. The van der Waals surface area contributed by atoms with Crippen molar-refractivity contribution in [3.63, 3.8) is 0 Å². The van der Waals surface area contributed by atoms with E-state index in [4.69, 9.17) is 4.74 Å². The molecule has 0 aliphatic rings. The summed E-state index contributed by atoms with van der Waals surface area (Å²) in [6, 6.07) is 14.8. The first-order valence-corrected chi connectivity index (χ1v) is 9.91. The Morgan fingerprint density at radius 2 is 1.78 bits per heavy atom. The molecule has 0 fully saturated rings. The molecule has 27 heavy (non-hydrogen) atoms. The average molecular weight is 387 g/mol. The molecule has 1 atom stereocenters. The van der Waals surface area contributed by atoms with Gasteiger partial charge in [0.25, 0.3) is 0 Å². The van der Waals surface area contributed by atoms with E-state index >= 15 is 0 Å². The zero-order valence-corrected chi connectivity index (χ0v) is 16.8. The normalized spacial score (nSPS) is 11.5. The van der Waals surface area contributed by atoms with Crippen LogP contribution in [-0.4, -0.2) is 24.2 Å². The molecule has 0 aliphatic heterocycles. The lowest BCUT2D eigenvalue weighted by atomic mass is 10.2. The van der Waals surface area contributed by atoms with Crippen molar-refractivity contribution >= 4 is 35.0 Å². The molecule has 0 aliphatic carbocycles. The second-order valence-electron chi connectivity index (χ2n) is 6.16. The van der Waals surface area contributed by atoms with Gasteiger partial charge in [-0.2, -0.15) is 0 Å². The summed E-state index contributed by atoms with van der Waals surface area (Å²) in [7, 11) is 1.59. The van der Waals surface area contributed by atoms with E-state index in [9.17, 15) is 9.59 Å². The van der Waals surface area contributed by atoms with Gasteiger partial charge in [-0.25, -0.2) is 0 Å². The summed E-state index contributed by atoms with van der Waals surface area (Å²) in [5, 5.41) is 5.51. The molecule has 5 nitrogen and oxygen atoms in total. The first kappa shape index (κ1) is 20.8. The number of hydrogen-bond donors (Lipinski definition) is 2. The van der Waals surface area contributed by atoms with Gasteiger partial charge in [0.1, 0.15) is 5.75 Å². The van der Waals surface area contributed by atoms with Crippen LogP contribution in [0.5, 0.6) is 5.75 Å². The molecule has 2 rings (SSSR count). The van der Waals surface area contributed by atoms with E-state index in [1.807, 2.05) is 49.4 Å². The molecule has 2 N–H and O–H groups in total. The van der Waals surface area contributed by atoms with Crippen LogP contribution in [0.3, 0.4) is 0 Å². The molecule has 0 saturated carbocycles. The van der Waals surface area contributed by atoms with E-state index in [1.165, 1.54) is 11.8 Å². The Morgan fingerprint density at radius 3 is 2.48 bits per heavy atom. The van der Waals surface area contributed by atoms with Crippen molar-refractivity contribution in [1.82, 2.24) is 0 Å². The minimum absolute atomic E-state index is 0.0165. The predicted octanol–water partition coefficient (Wildman–Crippen LogP) is 4.94. The second-order valence-corrected chi connectivity index (χ2v) is 7.58. The van der Waals surface area contributed by atoms with Crippen molar-refractivity contribution in [3.05, 3.63) is 48.5 Å². The number of hydrogen-bond acceptors (Lipinski definition) is 4. The number of carbonyl (C=O) groups excluding carboxylic acids is 2. The molecule has 0 radical (unpaired) electrons. The fourth-order valence-corrected chi connectivity index (χ4v) is 3.34. The highest BCUT2D eigenvalue weighted by Gasteiger charge is 2.15. The monoisotopic (exact) mass is 386 g/mol. The van der Waals surface area contributed by atoms with E-state index < -0.39 is 0 Å². The minimum atomic E-state index is -0.290. The third kappa shape index (κ3) is 6.98. The Kier molecular flexibility index (Phi) is 8.20. The fourth-order valence-electron chi connectivity index (χ4n) is 2.41. The summed E-state index contributed by atoms with van der Waals surface area (Å²) in [5.74, 6) is 0.619. The first-order chi connectivity index (χ1) is 13.0. The number of anilines is 2. The molecule has 1 unspecified atom stereocenters. The van der Waals surface area contributed by atoms with Gasteiger partial charge >= 0.3 is 0 Å². The summed E-state index contributed by atoms with van der Waals surface area (Å²) in [5.41, 5.74) is 1.45. The average Bonchev–Trinajstić information content (AvgIpc) is 2.66. The van der Waals surface area contributed by atoms with Gasteiger partial charge in [0, 0.05) is 28.8 Å². The third-order valence-electron chi connectivity index (χ3n) is 3.89. The highest BCUT2D eigenvalue weighted by Crippen LogP contribution is 2.27. The number of amides is 2. The molecular weight excluding hydrogens is 360 g/mol. The Labute approximate surface area is 164 Å². The standard InChI is InChI=1S/C21H26N2O3S/c1-4-5-12-20(24)22-17-9-7-11-19(14-17)27-15(2)21(25)23-16-8-6-10-18(13-16)26-3/h6-11,13-15H,4-5,12H2,1-3H3,(H,22,24)(H,23,25). The van der Waals surface area contributed by atoms with Crippen molar-refractivity contribution in [2.75, 3.05) is 17.7 Å². The lowest BCUT2D eigenvalue weighted by molar-refractivity contribution is -0.116. The van der Waals surface area contributed by atoms with Gasteiger partial charge in [-0.05, 0) is 43.7 Å². The van der Waals surface area contributed by atoms with Crippen molar-refractivity contribution in [1.29, 1.82) is 0 Å². The molecule has 144 valence electrons. The molecule has 0 saturated heterocycles. The Bertz CT molecular complexity index is 780. The number of nitrogens with one attached hydrogen (secondary N) is 2. The number of benzene rings is 2. The minimum Gasteiger partial charge on any atom is -0.497 e. The van der Waals surface area contributed by atoms with Crippen molar-refractivity contribution in [3.8, 4) is 5.75 Å². The summed E-state index contributed by atoms with van der Waals surface area (Å²) >= 11 is 1.45. The molecule has 0 spiro atoms. The maximum atomic E-state index is 12.5. The molecule has 6 heteroatoms. The highest BCUT2D eigenvalue weighted by molar-refractivity contribution is 8.00. The van der Waals surface area contributed by atoms with Gasteiger partial charge in [0.15, 0.2) is 0 Å². The van der Waals surface area contributed by atoms with Gasteiger partial charge in [0.2, 0.25) is 11.8 Å². The van der Waals surface area contributed by atoms with Crippen molar-refractivity contribution < 1.29 is 14.3 Å². The maximum absolute atomic E-state index is 12.5. The molecule has 2 aromatic carbocycles. The van der Waals surface area contributed by atoms with Crippen LogP contribution in [0.1, 0.15) is 33.1 Å². The van der Waals surface area contributed by atoms with Crippen LogP contribution in [0.4, 0.5) is 11.4 Å². The molecule has 2 amide bonds. The first-order valence-electron chi connectivity index (χ1n) is 9.03. The van der Waals surface area contributed by atoms with Gasteiger partial charge in [-0.1, -0.05) is 25.5 Å². The number of carbonyl (C=O) groups is 2. The van der Waals surface area contributed by atoms with E-state index in [0.717, 1.165) is 23.4 Å². The third-order valence-corrected chi connectivity index (χ3v) is 4.99. The summed E-state index contributed by atoms with van der Waals surface area (Å²) < 4.78 is 5.17. The van der Waals surface area contributed by atoms with Gasteiger partial charge < -0.3 is 15.4 Å². The van der Waals surface area contributed by atoms with Crippen molar-refractivity contribution in [2.45, 2.75) is 43.3 Å². The van der Waals surface area contributed by atoms with Crippen LogP contribution in [-0.2, 0) is 9.59 Å². The SMILES string of the molecule is CCCCC(=O)Nc1cccc(SC(C)C(=O)Nc2cccc(OC)c2)c1. The number of thioether (sulfide) groups is 1. The zero-order chi connectivity index (χ0) is 19.6. The quantitative estimate of drug-likeness (QED) is 0.599. The van der Waals surface area contributed by atoms with Crippen LogP contribution in [0.2, 0.25) is 0 Å². The van der Waals surface area contributed by atoms with Gasteiger partial charge in [-0.15, -0.1) is 11.8 Å². The highest BCUT2D eigenvalue weighted by atomic mass is 32.2. The van der Waals surface area contributed by atoms with Crippen LogP contribution in [0.25, 0.3) is 0 Å². The topological polar surface area (TPSA) is 67.4 Å². The summed E-state index contributed by atoms with van der Waals surface area (Å²) in [4.78, 5) is 25.3. The van der Waals surface area contributed by atoms with Crippen LogP contribution >= 0.6 is 11.8 Å². The largest absolute Gasteiger partial charge is 0.497 e. The van der Waals surface area contributed by atoms with E-state index in [1.54, 1.807) is 13.2 Å². The van der Waals surface area contributed by atoms with Gasteiger partial charge in [0.05, 0.1) is 12.4 Å². The Hall–Kier alpha value is -2.47. The number of ether oxygens (including phenoxy) is 1. The Morgan fingerprint density at radius 1 is 1.07 bits per heavy atom. The van der Waals surface area contributed by atoms with Crippen LogP contribution < -0.4 is 15.4 Å². The van der Waals surface area contributed by atoms with E-state index in [-0.39, 0.29) is 17.1 Å². The maximum Gasteiger partial charge on any atom is 0.237 e. The lowest BCUT2D eigenvalue weighted by Gasteiger charge is -2.13. The predicted molar refractivity (Wildman–Crippen MR) is 112 cm³/mol. The molecule has 0 aromatic heterocycles. The van der Waals surface area contributed by atoms with Crippen LogP contribution in [0, 0.1) is 0 Å². The molecule has 0 bridgehead atoms. The number of unbranched alkanes of at least 4 members (excludes halogenated alkanes) is 1. The lowest BCUT2D eigenvalue weighted by Crippen LogP contribution is -2.22. The van der Waals surface area contributed by atoms with E-state index in [2.05, 4.69) is 17.6 Å². The Balaban J connectivity index is 1.94. The molecule has 0 heterocycles. The zero-order valence-electron chi connectivity index (χ0n) is 16.0. The van der Waals surface area contributed by atoms with Crippen molar-refractivity contribution in [2.24, 2.45) is 0 Å². The van der Waals surface area contributed by atoms with Gasteiger partial charge in [-0.3, -0.25) is 9.59 Å².